The molecule has 128 valence electrons. The quantitative estimate of drug-likeness (QED) is 0.661. The Balaban J connectivity index is 1.82. The first-order chi connectivity index (χ1) is 12.0. The Morgan fingerprint density at radius 3 is 2.52 bits per heavy atom. The number of amides is 1. The van der Waals surface area contributed by atoms with E-state index in [2.05, 4.69) is 4.98 Å². The first kappa shape index (κ1) is 17.2. The smallest absolute Gasteiger partial charge is 0.271 e. The van der Waals surface area contributed by atoms with Crippen LogP contribution in [0.2, 0.25) is 0 Å². The van der Waals surface area contributed by atoms with Crippen LogP contribution in [0.5, 0.6) is 5.75 Å². The molecule has 0 aliphatic carbocycles. The van der Waals surface area contributed by atoms with E-state index in [1.54, 1.807) is 4.90 Å². The van der Waals surface area contributed by atoms with Gasteiger partial charge >= 0.3 is 0 Å². The molecule has 1 aromatic heterocycles. The number of carbonyl (C=O) groups excluding carboxylic acids is 1. The normalized spacial score (nSPS) is 10.5. The molecule has 0 spiro atoms. The van der Waals surface area contributed by atoms with E-state index in [1.807, 2.05) is 74.7 Å². The Kier molecular flexibility index (Phi) is 5.14. The summed E-state index contributed by atoms with van der Waals surface area (Å²) < 4.78 is 5.77. The number of ether oxygens (including phenoxy) is 1. The van der Waals surface area contributed by atoms with Crippen LogP contribution in [0.3, 0.4) is 0 Å². The van der Waals surface area contributed by atoms with E-state index < -0.39 is 0 Å². The Morgan fingerprint density at radius 2 is 1.88 bits per heavy atom. The molecule has 0 aliphatic rings. The van der Waals surface area contributed by atoms with Crippen molar-refractivity contribution in [3.05, 3.63) is 70.7 Å². The van der Waals surface area contributed by atoms with Crippen LogP contribution >= 0.6 is 11.3 Å². The molecule has 1 amide bonds. The zero-order chi connectivity index (χ0) is 17.8. The maximum atomic E-state index is 12.9. The van der Waals surface area contributed by atoms with Gasteiger partial charge in [-0.25, -0.2) is 4.98 Å². The summed E-state index contributed by atoms with van der Waals surface area (Å²) >= 11 is 1.45. The molecule has 0 N–H and O–H groups in total. The van der Waals surface area contributed by atoms with E-state index in [4.69, 9.17) is 4.74 Å². The molecule has 0 radical (unpaired) electrons. The number of para-hydroxylation sites is 1. The number of anilines is 2. The highest BCUT2D eigenvalue weighted by Gasteiger charge is 2.21. The van der Waals surface area contributed by atoms with Crippen molar-refractivity contribution in [1.82, 2.24) is 4.98 Å². The molecular formula is C20H20N2O2S. The maximum absolute atomic E-state index is 12.9. The topological polar surface area (TPSA) is 42.4 Å². The van der Waals surface area contributed by atoms with Gasteiger partial charge < -0.3 is 4.74 Å². The summed E-state index contributed by atoms with van der Waals surface area (Å²) in [5.74, 6) is 0.572. The summed E-state index contributed by atoms with van der Waals surface area (Å²) in [6.07, 6.45) is 0. The molecule has 0 fully saturated rings. The zero-order valence-corrected chi connectivity index (χ0v) is 15.3. The van der Waals surface area contributed by atoms with Gasteiger partial charge in [0.25, 0.3) is 5.91 Å². The minimum atomic E-state index is -0.152. The van der Waals surface area contributed by atoms with Gasteiger partial charge in [0.2, 0.25) is 0 Å². The van der Waals surface area contributed by atoms with Gasteiger partial charge in [0.15, 0.2) is 11.7 Å². The third-order valence-electron chi connectivity index (χ3n) is 3.74. The minimum absolute atomic E-state index is 0.0442. The van der Waals surface area contributed by atoms with Crippen LogP contribution in [-0.2, 0) is 4.79 Å². The lowest BCUT2D eigenvalue weighted by Gasteiger charge is -2.20. The number of rotatable bonds is 5. The van der Waals surface area contributed by atoms with Crippen LogP contribution in [-0.4, -0.2) is 17.5 Å². The Bertz CT molecular complexity index is 874. The maximum Gasteiger partial charge on any atom is 0.271 e. The van der Waals surface area contributed by atoms with Crippen molar-refractivity contribution in [1.29, 1.82) is 0 Å². The molecule has 4 nitrogen and oxygen atoms in total. The predicted molar refractivity (Wildman–Crippen MR) is 102 cm³/mol. The van der Waals surface area contributed by atoms with Crippen LogP contribution in [0.4, 0.5) is 10.8 Å². The molecule has 25 heavy (non-hydrogen) atoms. The summed E-state index contributed by atoms with van der Waals surface area (Å²) in [7, 11) is 0. The highest BCUT2D eigenvalue weighted by Crippen LogP contribution is 2.29. The predicted octanol–water partition coefficient (Wildman–Crippen LogP) is 4.81. The van der Waals surface area contributed by atoms with Crippen molar-refractivity contribution in [2.24, 2.45) is 0 Å². The average molecular weight is 352 g/mol. The van der Waals surface area contributed by atoms with Gasteiger partial charge in [0, 0.05) is 5.38 Å². The molecule has 0 aliphatic heterocycles. The van der Waals surface area contributed by atoms with E-state index in [9.17, 15) is 4.79 Å². The van der Waals surface area contributed by atoms with Crippen LogP contribution < -0.4 is 9.64 Å². The van der Waals surface area contributed by atoms with Crippen LogP contribution in [0.15, 0.2) is 53.9 Å². The van der Waals surface area contributed by atoms with Crippen LogP contribution in [0.1, 0.15) is 16.8 Å². The molecule has 0 saturated heterocycles. The highest BCUT2D eigenvalue weighted by atomic mass is 32.1. The molecule has 3 aromatic rings. The van der Waals surface area contributed by atoms with E-state index >= 15 is 0 Å². The fraction of sp³-hybridized carbons (Fsp3) is 0.200. The standard InChI is InChI=1S/C20H20N2O2S/c1-14-9-10-18(15(2)11-14)24-12-19(23)22(17-7-5-4-6-8-17)20-21-16(3)13-25-20/h4-11,13H,12H2,1-3H3. The van der Waals surface area contributed by atoms with Gasteiger partial charge in [0.05, 0.1) is 11.4 Å². The SMILES string of the molecule is Cc1ccc(OCC(=O)N(c2ccccc2)c2nc(C)cs2)c(C)c1. The van der Waals surface area contributed by atoms with E-state index in [0.29, 0.717) is 5.13 Å². The number of hydrogen-bond acceptors (Lipinski definition) is 4. The number of hydrogen-bond donors (Lipinski definition) is 0. The van der Waals surface area contributed by atoms with Crippen molar-refractivity contribution in [3.63, 3.8) is 0 Å². The van der Waals surface area contributed by atoms with E-state index in [0.717, 1.165) is 22.7 Å². The van der Waals surface area contributed by atoms with Crippen molar-refractivity contribution in [2.45, 2.75) is 20.8 Å². The summed E-state index contributed by atoms with van der Waals surface area (Å²) in [4.78, 5) is 18.9. The summed E-state index contributed by atoms with van der Waals surface area (Å²) in [6, 6.07) is 15.4. The zero-order valence-electron chi connectivity index (χ0n) is 14.5. The van der Waals surface area contributed by atoms with Crippen LogP contribution in [0.25, 0.3) is 0 Å². The molecular weight excluding hydrogens is 332 g/mol. The molecule has 0 atom stereocenters. The minimum Gasteiger partial charge on any atom is -0.483 e. The molecule has 2 aromatic carbocycles. The van der Waals surface area contributed by atoms with Crippen molar-refractivity contribution in [2.75, 3.05) is 11.5 Å². The summed E-state index contributed by atoms with van der Waals surface area (Å²) in [6.45, 7) is 5.88. The second kappa shape index (κ2) is 7.49. The second-order valence-corrected chi connectivity index (χ2v) is 6.73. The first-order valence-electron chi connectivity index (χ1n) is 8.05. The molecule has 5 heteroatoms. The van der Waals surface area contributed by atoms with Gasteiger partial charge in [-0.1, -0.05) is 35.9 Å². The third-order valence-corrected chi connectivity index (χ3v) is 4.69. The first-order valence-corrected chi connectivity index (χ1v) is 8.93. The third kappa shape index (κ3) is 4.06. The number of aromatic nitrogens is 1. The van der Waals surface area contributed by atoms with Gasteiger partial charge in [0.1, 0.15) is 5.75 Å². The Labute approximate surface area is 151 Å². The van der Waals surface area contributed by atoms with Gasteiger partial charge in [-0.05, 0) is 44.5 Å². The highest BCUT2D eigenvalue weighted by molar-refractivity contribution is 7.14. The van der Waals surface area contributed by atoms with Gasteiger partial charge in [-0.3, -0.25) is 9.69 Å². The molecule has 3 rings (SSSR count). The van der Waals surface area contributed by atoms with Crippen LogP contribution in [0, 0.1) is 20.8 Å². The second-order valence-electron chi connectivity index (χ2n) is 5.89. The lowest BCUT2D eigenvalue weighted by molar-refractivity contribution is -0.119. The molecule has 0 unspecified atom stereocenters. The lowest BCUT2D eigenvalue weighted by atomic mass is 10.1. The van der Waals surface area contributed by atoms with Crippen molar-refractivity contribution < 1.29 is 9.53 Å². The number of benzene rings is 2. The number of carbonyl (C=O) groups is 1. The average Bonchev–Trinajstić information content (AvgIpc) is 3.01. The number of nitrogens with zero attached hydrogens (tertiary/aromatic N) is 2. The van der Waals surface area contributed by atoms with E-state index in [-0.39, 0.29) is 12.5 Å². The number of thiazole rings is 1. The van der Waals surface area contributed by atoms with Gasteiger partial charge in [-0.15, -0.1) is 11.3 Å². The summed E-state index contributed by atoms with van der Waals surface area (Å²) in [5, 5.41) is 2.58. The molecule has 0 saturated carbocycles. The monoisotopic (exact) mass is 352 g/mol. The fourth-order valence-corrected chi connectivity index (χ4v) is 3.39. The summed E-state index contributed by atoms with van der Waals surface area (Å²) in [5.41, 5.74) is 3.86. The van der Waals surface area contributed by atoms with Crippen molar-refractivity contribution in [3.8, 4) is 5.75 Å². The molecule has 1 heterocycles. The number of aryl methyl sites for hydroxylation is 3. The van der Waals surface area contributed by atoms with Crippen molar-refractivity contribution >= 4 is 28.1 Å². The fourth-order valence-electron chi connectivity index (χ4n) is 2.55. The Hall–Kier alpha value is -2.66. The lowest BCUT2D eigenvalue weighted by Crippen LogP contribution is -2.31. The van der Waals surface area contributed by atoms with E-state index in [1.165, 1.54) is 16.9 Å². The molecule has 0 bridgehead atoms. The Morgan fingerprint density at radius 1 is 1.12 bits per heavy atom. The largest absolute Gasteiger partial charge is 0.483 e. The van der Waals surface area contributed by atoms with Gasteiger partial charge in [-0.2, -0.15) is 0 Å².